The van der Waals surface area contributed by atoms with Crippen molar-refractivity contribution in [2.45, 2.75) is 45.7 Å². The van der Waals surface area contributed by atoms with Gasteiger partial charge in [-0.15, -0.1) is 0 Å². The van der Waals surface area contributed by atoms with Crippen LogP contribution in [0.4, 0.5) is 0 Å². The van der Waals surface area contributed by atoms with Crippen LogP contribution >= 0.6 is 0 Å². The molecule has 2 rings (SSSR count). The maximum Gasteiger partial charge on any atom is 0.254 e. The van der Waals surface area contributed by atoms with Crippen molar-refractivity contribution in [1.82, 2.24) is 14.9 Å². The molecule has 1 heterocycles. The predicted octanol–water partition coefficient (Wildman–Crippen LogP) is 1.73. The zero-order chi connectivity index (χ0) is 18.3. The monoisotopic (exact) mass is 367 g/mol. The molecule has 0 unspecified atom stereocenters. The number of carbonyl (C=O) groups excluding carboxylic acids is 1. The Kier molecular flexibility index (Phi) is 7.40. The van der Waals surface area contributed by atoms with E-state index >= 15 is 0 Å². The van der Waals surface area contributed by atoms with Crippen LogP contribution in [0.15, 0.2) is 24.3 Å². The first-order chi connectivity index (χ1) is 12.0. The molecule has 140 valence electrons. The third kappa shape index (κ3) is 5.80. The molecule has 1 fully saturated rings. The van der Waals surface area contributed by atoms with Crippen LogP contribution in [0.5, 0.6) is 0 Å². The third-order valence-corrected chi connectivity index (χ3v) is 5.90. The molecule has 7 heteroatoms. The van der Waals surface area contributed by atoms with Gasteiger partial charge in [-0.25, -0.2) is 13.1 Å². The number of hydrogen-bond donors (Lipinski definition) is 2. The first kappa shape index (κ1) is 19.9. The van der Waals surface area contributed by atoms with E-state index in [0.29, 0.717) is 11.6 Å². The van der Waals surface area contributed by atoms with Crippen molar-refractivity contribution in [2.24, 2.45) is 0 Å². The van der Waals surface area contributed by atoms with Gasteiger partial charge in [0.25, 0.3) is 5.91 Å². The Labute approximate surface area is 151 Å². The summed E-state index contributed by atoms with van der Waals surface area (Å²) in [6, 6.07) is 7.52. The Bertz CT molecular complexity index is 653. The third-order valence-electron chi connectivity index (χ3n) is 4.55. The van der Waals surface area contributed by atoms with Gasteiger partial charge >= 0.3 is 0 Å². The van der Waals surface area contributed by atoms with E-state index in [2.05, 4.69) is 17.0 Å². The summed E-state index contributed by atoms with van der Waals surface area (Å²) in [5.74, 6) is 0.126. The first-order valence-corrected chi connectivity index (χ1v) is 10.7. The molecule has 25 heavy (non-hydrogen) atoms. The second-order valence-electron chi connectivity index (χ2n) is 6.40. The summed E-state index contributed by atoms with van der Waals surface area (Å²) in [6.07, 6.45) is 2.91. The molecule has 0 saturated carbocycles. The molecule has 1 aliphatic heterocycles. The van der Waals surface area contributed by atoms with Crippen LogP contribution in [0.2, 0.25) is 0 Å². The average Bonchev–Trinajstić information content (AvgIpc) is 2.65. The van der Waals surface area contributed by atoms with Crippen LogP contribution < -0.4 is 10.0 Å². The van der Waals surface area contributed by atoms with Gasteiger partial charge in [0.2, 0.25) is 10.0 Å². The highest BCUT2D eigenvalue weighted by atomic mass is 32.2. The van der Waals surface area contributed by atoms with Crippen LogP contribution in [0.1, 0.15) is 49.0 Å². The second kappa shape index (κ2) is 9.31. The van der Waals surface area contributed by atoms with Gasteiger partial charge in [-0.05, 0) is 57.0 Å². The van der Waals surface area contributed by atoms with Crippen molar-refractivity contribution >= 4 is 15.9 Å². The van der Waals surface area contributed by atoms with Crippen molar-refractivity contribution in [2.75, 3.05) is 25.4 Å². The molecule has 0 atom stereocenters. The number of carbonyl (C=O) groups is 1. The number of hydrogen-bond acceptors (Lipinski definition) is 4. The van der Waals surface area contributed by atoms with Crippen LogP contribution in [0.25, 0.3) is 0 Å². The van der Waals surface area contributed by atoms with Crippen LogP contribution in [-0.4, -0.2) is 50.7 Å². The maximum atomic E-state index is 12.9. The summed E-state index contributed by atoms with van der Waals surface area (Å²) in [5.41, 5.74) is 1.51. The number of sulfonamides is 1. The Balaban J connectivity index is 2.04. The molecular formula is C18H29N3O3S. The molecule has 0 aliphatic carbocycles. The van der Waals surface area contributed by atoms with E-state index in [-0.39, 0.29) is 18.2 Å². The molecule has 6 nitrogen and oxygen atoms in total. The minimum atomic E-state index is -3.21. The zero-order valence-electron chi connectivity index (χ0n) is 15.1. The van der Waals surface area contributed by atoms with E-state index in [1.54, 1.807) is 19.1 Å². The van der Waals surface area contributed by atoms with E-state index in [4.69, 9.17) is 0 Å². The molecule has 1 saturated heterocycles. The van der Waals surface area contributed by atoms with E-state index in [9.17, 15) is 13.2 Å². The number of amides is 1. The number of piperidine rings is 1. The lowest BCUT2D eigenvalue weighted by atomic mass is 10.0. The fourth-order valence-corrected chi connectivity index (χ4v) is 3.63. The van der Waals surface area contributed by atoms with Gasteiger partial charge in [0.05, 0.1) is 5.75 Å². The van der Waals surface area contributed by atoms with Crippen LogP contribution in [-0.2, 0) is 16.6 Å². The van der Waals surface area contributed by atoms with Crippen LogP contribution in [0, 0.1) is 0 Å². The molecular weight excluding hydrogens is 338 g/mol. The highest BCUT2D eigenvalue weighted by molar-refractivity contribution is 7.89. The van der Waals surface area contributed by atoms with Crippen molar-refractivity contribution in [3.8, 4) is 0 Å². The SMILES string of the molecule is CCCN(C(=O)c1ccc(CNS(=O)(=O)CC)cc1)C1CCNCC1. The van der Waals surface area contributed by atoms with E-state index in [0.717, 1.165) is 44.5 Å². The van der Waals surface area contributed by atoms with Gasteiger partial charge in [0.15, 0.2) is 0 Å². The number of nitrogens with one attached hydrogen (secondary N) is 2. The lowest BCUT2D eigenvalue weighted by Crippen LogP contribution is -2.46. The first-order valence-electron chi connectivity index (χ1n) is 9.04. The van der Waals surface area contributed by atoms with E-state index in [1.165, 1.54) is 0 Å². The highest BCUT2D eigenvalue weighted by Crippen LogP contribution is 2.17. The lowest BCUT2D eigenvalue weighted by molar-refractivity contribution is 0.0642. The van der Waals surface area contributed by atoms with Crippen LogP contribution in [0.3, 0.4) is 0 Å². The van der Waals surface area contributed by atoms with Crippen molar-refractivity contribution < 1.29 is 13.2 Å². The van der Waals surface area contributed by atoms with Gasteiger partial charge in [0.1, 0.15) is 0 Å². The summed E-state index contributed by atoms with van der Waals surface area (Å²) < 4.78 is 25.6. The zero-order valence-corrected chi connectivity index (χ0v) is 15.9. The van der Waals surface area contributed by atoms with E-state index < -0.39 is 10.0 Å². The molecule has 0 radical (unpaired) electrons. The molecule has 0 bridgehead atoms. The average molecular weight is 368 g/mol. The normalized spacial score (nSPS) is 15.9. The molecule has 1 amide bonds. The van der Waals surface area contributed by atoms with E-state index in [1.807, 2.05) is 17.0 Å². The smallest absolute Gasteiger partial charge is 0.254 e. The minimum Gasteiger partial charge on any atom is -0.336 e. The molecule has 1 aromatic rings. The maximum absolute atomic E-state index is 12.9. The molecule has 1 aromatic carbocycles. The molecule has 1 aliphatic rings. The number of rotatable bonds is 8. The summed E-state index contributed by atoms with van der Waals surface area (Å²) in [7, 11) is -3.21. The van der Waals surface area contributed by atoms with Gasteiger partial charge in [-0.1, -0.05) is 19.1 Å². The van der Waals surface area contributed by atoms with Gasteiger partial charge in [0, 0.05) is 24.7 Å². The topological polar surface area (TPSA) is 78.5 Å². The minimum absolute atomic E-state index is 0.0613. The van der Waals surface area contributed by atoms with Gasteiger partial charge in [-0.3, -0.25) is 4.79 Å². The largest absolute Gasteiger partial charge is 0.336 e. The predicted molar refractivity (Wildman–Crippen MR) is 100.0 cm³/mol. The molecule has 0 aromatic heterocycles. The summed E-state index contributed by atoms with van der Waals surface area (Å²) >= 11 is 0. The standard InChI is InChI=1S/C18H29N3O3S/c1-3-13-21(17-9-11-19-12-10-17)18(22)16-7-5-15(6-8-16)14-20-25(23,24)4-2/h5-8,17,19-20H,3-4,9-14H2,1-2H3. The Morgan fingerprint density at radius 3 is 2.40 bits per heavy atom. The summed E-state index contributed by atoms with van der Waals surface area (Å²) in [5, 5.41) is 3.33. The van der Waals surface area contributed by atoms with Crippen molar-refractivity contribution in [1.29, 1.82) is 0 Å². The quantitative estimate of drug-likeness (QED) is 0.733. The fraction of sp³-hybridized carbons (Fsp3) is 0.611. The summed E-state index contributed by atoms with van der Waals surface area (Å²) in [4.78, 5) is 14.9. The Morgan fingerprint density at radius 2 is 1.84 bits per heavy atom. The summed E-state index contributed by atoms with van der Waals surface area (Å²) in [6.45, 7) is 6.61. The van der Waals surface area contributed by atoms with Crippen molar-refractivity contribution in [3.63, 3.8) is 0 Å². The molecule has 0 spiro atoms. The Morgan fingerprint density at radius 1 is 1.20 bits per heavy atom. The Hall–Kier alpha value is -1.44. The second-order valence-corrected chi connectivity index (χ2v) is 8.50. The highest BCUT2D eigenvalue weighted by Gasteiger charge is 2.25. The molecule has 2 N–H and O–H groups in total. The fourth-order valence-electron chi connectivity index (χ4n) is 3.04. The van der Waals surface area contributed by atoms with Crippen molar-refractivity contribution in [3.05, 3.63) is 35.4 Å². The lowest BCUT2D eigenvalue weighted by Gasteiger charge is -2.34. The van der Waals surface area contributed by atoms with Gasteiger partial charge in [-0.2, -0.15) is 0 Å². The number of benzene rings is 1. The van der Waals surface area contributed by atoms with Gasteiger partial charge < -0.3 is 10.2 Å². The number of nitrogens with zero attached hydrogens (tertiary/aromatic N) is 1.